The van der Waals surface area contributed by atoms with Gasteiger partial charge in [-0.3, -0.25) is 4.79 Å². The summed E-state index contributed by atoms with van der Waals surface area (Å²) in [6, 6.07) is 8.38. The first-order chi connectivity index (χ1) is 11.0. The average Bonchev–Trinajstić information content (AvgIpc) is 2.90. The molecule has 4 nitrogen and oxygen atoms in total. The van der Waals surface area contributed by atoms with Crippen molar-refractivity contribution in [2.24, 2.45) is 0 Å². The number of amides is 1. The highest BCUT2D eigenvalue weighted by molar-refractivity contribution is 7.15. The van der Waals surface area contributed by atoms with Gasteiger partial charge >= 0.3 is 0 Å². The van der Waals surface area contributed by atoms with Crippen LogP contribution < -0.4 is 10.6 Å². The first kappa shape index (κ1) is 20.6. The normalized spacial score (nSPS) is 11.7. The van der Waals surface area contributed by atoms with E-state index in [2.05, 4.69) is 46.8 Å². The molecular weight excluding hydrogens is 342 g/mol. The molecule has 1 amide bonds. The predicted octanol–water partition coefficient (Wildman–Crippen LogP) is 4.03. The summed E-state index contributed by atoms with van der Waals surface area (Å²) in [4.78, 5) is 17.8. The highest BCUT2D eigenvalue weighted by Crippen LogP contribution is 2.31. The van der Waals surface area contributed by atoms with Crippen molar-refractivity contribution in [1.82, 2.24) is 15.6 Å². The van der Waals surface area contributed by atoms with Crippen molar-refractivity contribution in [3.63, 3.8) is 0 Å². The van der Waals surface area contributed by atoms with Crippen LogP contribution in [0.4, 0.5) is 0 Å². The van der Waals surface area contributed by atoms with E-state index in [4.69, 9.17) is 0 Å². The highest BCUT2D eigenvalue weighted by Gasteiger charge is 2.17. The van der Waals surface area contributed by atoms with E-state index in [-0.39, 0.29) is 24.4 Å². The van der Waals surface area contributed by atoms with Crippen LogP contribution in [0, 0.1) is 13.8 Å². The third-order valence-corrected chi connectivity index (χ3v) is 5.12. The molecule has 0 aliphatic heterocycles. The standard InChI is InChI=1S/C18H25N3OS.ClH/c1-12-7-9-15(10-8-12)18-21-14(3)17(23-18)13(2)20-16(22)6-5-11-19-4;/h7-10,13,19H,5-6,11H2,1-4H3,(H,20,22);1H. The maximum Gasteiger partial charge on any atom is 0.220 e. The fourth-order valence-electron chi connectivity index (χ4n) is 2.43. The summed E-state index contributed by atoms with van der Waals surface area (Å²) in [5.74, 6) is 0.0948. The predicted molar refractivity (Wildman–Crippen MR) is 104 cm³/mol. The monoisotopic (exact) mass is 367 g/mol. The number of aryl methyl sites for hydroxylation is 2. The second-order valence-electron chi connectivity index (χ2n) is 5.83. The van der Waals surface area contributed by atoms with Gasteiger partial charge in [0.15, 0.2) is 0 Å². The molecule has 0 aliphatic carbocycles. The number of hydrogen-bond donors (Lipinski definition) is 2. The van der Waals surface area contributed by atoms with Crippen molar-refractivity contribution in [3.8, 4) is 10.6 Å². The molecule has 0 saturated heterocycles. The molecule has 0 saturated carbocycles. The molecule has 0 bridgehead atoms. The minimum absolute atomic E-state index is 0. The molecule has 0 spiro atoms. The zero-order valence-electron chi connectivity index (χ0n) is 14.7. The number of rotatable bonds is 7. The molecular formula is C18H26ClN3OS. The van der Waals surface area contributed by atoms with E-state index in [9.17, 15) is 4.79 Å². The Balaban J connectivity index is 0.00000288. The van der Waals surface area contributed by atoms with Gasteiger partial charge in [-0.1, -0.05) is 29.8 Å². The largest absolute Gasteiger partial charge is 0.349 e. The Morgan fingerprint density at radius 2 is 1.92 bits per heavy atom. The number of hydrogen-bond acceptors (Lipinski definition) is 4. The number of halogens is 1. The maximum absolute atomic E-state index is 12.0. The molecule has 1 unspecified atom stereocenters. The fraction of sp³-hybridized carbons (Fsp3) is 0.444. The lowest BCUT2D eigenvalue weighted by Gasteiger charge is -2.12. The van der Waals surface area contributed by atoms with Gasteiger partial charge < -0.3 is 10.6 Å². The summed E-state index contributed by atoms with van der Waals surface area (Å²) in [6.07, 6.45) is 1.40. The molecule has 2 N–H and O–H groups in total. The average molecular weight is 368 g/mol. The Bertz CT molecular complexity index is 655. The van der Waals surface area contributed by atoms with Crippen molar-refractivity contribution < 1.29 is 4.79 Å². The lowest BCUT2D eigenvalue weighted by atomic mass is 10.2. The molecule has 1 aromatic carbocycles. The number of carbonyl (C=O) groups excluding carboxylic acids is 1. The number of benzene rings is 1. The van der Waals surface area contributed by atoms with Crippen LogP contribution in [0.5, 0.6) is 0 Å². The lowest BCUT2D eigenvalue weighted by molar-refractivity contribution is -0.121. The number of thiazole rings is 1. The second-order valence-corrected chi connectivity index (χ2v) is 6.86. The quantitative estimate of drug-likeness (QED) is 0.726. The molecule has 1 heterocycles. The SMILES string of the molecule is CNCCCC(=O)NC(C)c1sc(-c2ccc(C)cc2)nc1C.Cl. The third kappa shape index (κ3) is 5.58. The fourth-order valence-corrected chi connectivity index (χ4v) is 3.51. The summed E-state index contributed by atoms with van der Waals surface area (Å²) in [5.41, 5.74) is 3.36. The van der Waals surface area contributed by atoms with Gasteiger partial charge in [-0.15, -0.1) is 23.7 Å². The van der Waals surface area contributed by atoms with Gasteiger partial charge in [0.25, 0.3) is 0 Å². The summed E-state index contributed by atoms with van der Waals surface area (Å²) < 4.78 is 0. The molecule has 1 aromatic heterocycles. The molecule has 1 atom stereocenters. The summed E-state index contributed by atoms with van der Waals surface area (Å²) in [6.45, 7) is 6.97. The van der Waals surface area contributed by atoms with Crippen LogP contribution in [-0.4, -0.2) is 24.5 Å². The van der Waals surface area contributed by atoms with Gasteiger partial charge in [0.1, 0.15) is 5.01 Å². The van der Waals surface area contributed by atoms with Crippen LogP contribution in [0.15, 0.2) is 24.3 Å². The van der Waals surface area contributed by atoms with Crippen LogP contribution in [0.3, 0.4) is 0 Å². The van der Waals surface area contributed by atoms with E-state index in [0.29, 0.717) is 6.42 Å². The van der Waals surface area contributed by atoms with Crippen LogP contribution in [-0.2, 0) is 4.79 Å². The van der Waals surface area contributed by atoms with Gasteiger partial charge in [-0.05, 0) is 40.8 Å². The Labute approximate surface area is 154 Å². The summed E-state index contributed by atoms with van der Waals surface area (Å²) in [5, 5.41) is 7.14. The number of aromatic nitrogens is 1. The Morgan fingerprint density at radius 3 is 2.54 bits per heavy atom. The topological polar surface area (TPSA) is 54.0 Å². The van der Waals surface area contributed by atoms with Gasteiger partial charge in [0.05, 0.1) is 16.6 Å². The van der Waals surface area contributed by atoms with Gasteiger partial charge in [-0.25, -0.2) is 4.98 Å². The van der Waals surface area contributed by atoms with Gasteiger partial charge in [0, 0.05) is 12.0 Å². The van der Waals surface area contributed by atoms with E-state index in [1.165, 1.54) is 5.56 Å². The van der Waals surface area contributed by atoms with Crippen molar-refractivity contribution in [1.29, 1.82) is 0 Å². The molecule has 2 aromatic rings. The second kappa shape index (κ2) is 9.77. The number of nitrogens with one attached hydrogen (secondary N) is 2. The van der Waals surface area contributed by atoms with E-state index in [1.807, 2.05) is 20.9 Å². The van der Waals surface area contributed by atoms with Gasteiger partial charge in [0.2, 0.25) is 5.91 Å². The Hall–Kier alpha value is -1.43. The summed E-state index contributed by atoms with van der Waals surface area (Å²) >= 11 is 1.66. The minimum atomic E-state index is -0.00576. The smallest absolute Gasteiger partial charge is 0.220 e. The molecule has 0 fully saturated rings. The molecule has 0 aliphatic rings. The molecule has 0 radical (unpaired) electrons. The molecule has 132 valence electrons. The van der Waals surface area contributed by atoms with Crippen LogP contribution in [0.2, 0.25) is 0 Å². The first-order valence-corrected chi connectivity index (χ1v) is 8.81. The lowest BCUT2D eigenvalue weighted by Crippen LogP contribution is -2.27. The molecule has 6 heteroatoms. The zero-order valence-corrected chi connectivity index (χ0v) is 16.3. The number of nitrogens with zero attached hydrogens (tertiary/aromatic N) is 1. The third-order valence-electron chi connectivity index (χ3n) is 3.73. The number of carbonyl (C=O) groups is 1. The van der Waals surface area contributed by atoms with Crippen molar-refractivity contribution in [2.75, 3.05) is 13.6 Å². The molecule has 24 heavy (non-hydrogen) atoms. The van der Waals surface area contributed by atoms with E-state index in [1.54, 1.807) is 11.3 Å². The first-order valence-electron chi connectivity index (χ1n) is 7.99. The van der Waals surface area contributed by atoms with Crippen molar-refractivity contribution >= 4 is 29.7 Å². The van der Waals surface area contributed by atoms with Crippen molar-refractivity contribution in [3.05, 3.63) is 40.4 Å². The van der Waals surface area contributed by atoms with Crippen molar-refractivity contribution in [2.45, 2.75) is 39.7 Å². The maximum atomic E-state index is 12.0. The van der Waals surface area contributed by atoms with E-state index >= 15 is 0 Å². The van der Waals surface area contributed by atoms with Crippen LogP contribution >= 0.6 is 23.7 Å². The van der Waals surface area contributed by atoms with Crippen LogP contribution in [0.1, 0.15) is 41.9 Å². The van der Waals surface area contributed by atoms with E-state index in [0.717, 1.165) is 34.1 Å². The van der Waals surface area contributed by atoms with Gasteiger partial charge in [-0.2, -0.15) is 0 Å². The molecule has 2 rings (SSSR count). The highest BCUT2D eigenvalue weighted by atomic mass is 35.5. The summed E-state index contributed by atoms with van der Waals surface area (Å²) in [7, 11) is 1.90. The zero-order chi connectivity index (χ0) is 16.8. The Morgan fingerprint density at radius 1 is 1.25 bits per heavy atom. The van der Waals surface area contributed by atoms with Crippen LogP contribution in [0.25, 0.3) is 10.6 Å². The Kier molecular flexibility index (Phi) is 8.39. The van der Waals surface area contributed by atoms with E-state index < -0.39 is 0 Å². The minimum Gasteiger partial charge on any atom is -0.349 e.